The number of anilines is 1. The molecule has 4 rings (SSSR count). The van der Waals surface area contributed by atoms with Crippen LogP contribution in [0.3, 0.4) is 0 Å². The molecule has 1 saturated heterocycles. The first-order chi connectivity index (χ1) is 18.4. The Hall–Kier alpha value is -3.36. The Morgan fingerprint density at radius 2 is 2.00 bits per heavy atom. The normalized spacial score (nSPS) is 17.2. The Bertz CT molecular complexity index is 1490. The van der Waals surface area contributed by atoms with Crippen molar-refractivity contribution in [2.24, 2.45) is 0 Å². The maximum absolute atomic E-state index is 15.6. The zero-order chi connectivity index (χ0) is 28.5. The lowest BCUT2D eigenvalue weighted by molar-refractivity contribution is 0.0910. The number of hydrogen-bond acceptors (Lipinski definition) is 8. The van der Waals surface area contributed by atoms with Crippen molar-refractivity contribution in [2.75, 3.05) is 31.6 Å². The molecule has 1 amide bonds. The lowest BCUT2D eigenvalue weighted by atomic mass is 10.1. The SMILES string of the molecule is COc1ccc(CN(c2nccs2)S(=O)(=O)c2c(F)cc(OC3(C)CCN(C(=O)O)C3)c(Cl)c2F)c(OC)c1. The van der Waals surface area contributed by atoms with E-state index in [0.29, 0.717) is 17.4 Å². The minimum atomic E-state index is -4.91. The highest BCUT2D eigenvalue weighted by atomic mass is 35.5. The van der Waals surface area contributed by atoms with Gasteiger partial charge in [0.05, 0.1) is 27.3 Å². The maximum Gasteiger partial charge on any atom is 0.407 e. The van der Waals surface area contributed by atoms with E-state index in [1.165, 1.54) is 25.8 Å². The van der Waals surface area contributed by atoms with Gasteiger partial charge in [0.1, 0.15) is 27.9 Å². The number of nitrogens with zero attached hydrogens (tertiary/aromatic N) is 3. The van der Waals surface area contributed by atoms with E-state index in [1.54, 1.807) is 25.1 Å². The van der Waals surface area contributed by atoms with Crippen molar-refractivity contribution in [1.29, 1.82) is 0 Å². The molecule has 10 nitrogen and oxygen atoms in total. The van der Waals surface area contributed by atoms with Crippen LogP contribution in [0, 0.1) is 11.6 Å². The number of aromatic nitrogens is 1. The molecule has 15 heteroatoms. The number of thiazole rings is 1. The number of sulfonamides is 1. The van der Waals surface area contributed by atoms with Crippen molar-refractivity contribution in [1.82, 2.24) is 9.88 Å². The van der Waals surface area contributed by atoms with Crippen LogP contribution in [-0.2, 0) is 16.6 Å². The lowest BCUT2D eigenvalue weighted by Crippen LogP contribution is -2.38. The highest BCUT2D eigenvalue weighted by molar-refractivity contribution is 7.93. The van der Waals surface area contributed by atoms with Crippen LogP contribution in [0.1, 0.15) is 18.9 Å². The summed E-state index contributed by atoms with van der Waals surface area (Å²) in [5, 5.41) is 9.92. The largest absolute Gasteiger partial charge is 0.497 e. The first-order valence-corrected chi connectivity index (χ1v) is 14.1. The number of rotatable bonds is 9. The maximum atomic E-state index is 15.6. The molecule has 3 aromatic rings. The molecule has 1 fully saturated rings. The van der Waals surface area contributed by atoms with Gasteiger partial charge in [0.2, 0.25) is 0 Å². The van der Waals surface area contributed by atoms with Crippen LogP contribution in [0.4, 0.5) is 18.7 Å². The van der Waals surface area contributed by atoms with Gasteiger partial charge in [-0.05, 0) is 19.1 Å². The number of likely N-dealkylation sites (tertiary alicyclic amines) is 1. The molecule has 1 aliphatic heterocycles. The summed E-state index contributed by atoms with van der Waals surface area (Å²) >= 11 is 7.11. The summed E-state index contributed by atoms with van der Waals surface area (Å²) in [4.78, 5) is 15.1. The second-order valence-electron chi connectivity index (χ2n) is 8.82. The molecule has 1 unspecified atom stereocenters. The predicted molar refractivity (Wildman–Crippen MR) is 140 cm³/mol. The van der Waals surface area contributed by atoms with Crippen molar-refractivity contribution < 1.29 is 41.3 Å². The smallest absolute Gasteiger partial charge is 0.407 e. The van der Waals surface area contributed by atoms with Gasteiger partial charge in [-0.1, -0.05) is 11.6 Å². The Kier molecular flexibility index (Phi) is 8.09. The fraction of sp³-hybridized carbons (Fsp3) is 0.333. The first-order valence-electron chi connectivity index (χ1n) is 11.4. The molecular formula is C24H24ClF2N3O7S2. The monoisotopic (exact) mass is 603 g/mol. The second kappa shape index (κ2) is 11.0. The molecule has 1 N–H and O–H groups in total. The second-order valence-corrected chi connectivity index (χ2v) is 11.9. The fourth-order valence-corrected chi connectivity index (χ4v) is 6.79. The van der Waals surface area contributed by atoms with E-state index >= 15 is 8.78 Å². The van der Waals surface area contributed by atoms with Crippen molar-refractivity contribution in [3.8, 4) is 17.2 Å². The zero-order valence-electron chi connectivity index (χ0n) is 21.0. The molecule has 0 bridgehead atoms. The molecule has 39 heavy (non-hydrogen) atoms. The molecule has 2 aromatic carbocycles. The summed E-state index contributed by atoms with van der Waals surface area (Å²) in [5.74, 6) is -2.69. The van der Waals surface area contributed by atoms with Gasteiger partial charge in [-0.15, -0.1) is 11.3 Å². The summed E-state index contributed by atoms with van der Waals surface area (Å²) in [5.41, 5.74) is -0.750. The van der Waals surface area contributed by atoms with Gasteiger partial charge in [0.25, 0.3) is 10.0 Å². The van der Waals surface area contributed by atoms with Crippen LogP contribution in [0.15, 0.2) is 40.7 Å². The van der Waals surface area contributed by atoms with Gasteiger partial charge in [-0.3, -0.25) is 0 Å². The summed E-state index contributed by atoms with van der Waals surface area (Å²) < 4.78 is 75.5. The average molecular weight is 604 g/mol. The third-order valence-corrected chi connectivity index (χ3v) is 9.17. The number of carbonyl (C=O) groups is 1. The van der Waals surface area contributed by atoms with E-state index in [9.17, 15) is 18.3 Å². The molecule has 1 aliphatic rings. The van der Waals surface area contributed by atoms with E-state index in [1.807, 2.05) is 0 Å². The number of benzene rings is 2. The third kappa shape index (κ3) is 5.68. The van der Waals surface area contributed by atoms with Gasteiger partial charge in [0.15, 0.2) is 21.7 Å². The van der Waals surface area contributed by atoms with Crippen LogP contribution in [0.25, 0.3) is 0 Å². The van der Waals surface area contributed by atoms with Gasteiger partial charge in [0, 0.05) is 42.2 Å². The molecule has 210 valence electrons. The van der Waals surface area contributed by atoms with Crippen molar-refractivity contribution in [3.63, 3.8) is 0 Å². The highest BCUT2D eigenvalue weighted by Gasteiger charge is 2.40. The Labute approximate surface area is 232 Å². The quantitative estimate of drug-likeness (QED) is 0.339. The highest BCUT2D eigenvalue weighted by Crippen LogP contribution is 2.40. The summed E-state index contributed by atoms with van der Waals surface area (Å²) in [6.45, 7) is 1.28. The molecule has 2 heterocycles. The summed E-state index contributed by atoms with van der Waals surface area (Å²) in [7, 11) is -2.06. The molecule has 0 radical (unpaired) electrons. The van der Waals surface area contributed by atoms with Gasteiger partial charge in [-0.2, -0.15) is 0 Å². The van der Waals surface area contributed by atoms with Crippen molar-refractivity contribution >= 4 is 44.2 Å². The van der Waals surface area contributed by atoms with Crippen molar-refractivity contribution in [3.05, 3.63) is 58.1 Å². The van der Waals surface area contributed by atoms with E-state index in [0.717, 1.165) is 20.5 Å². The van der Waals surface area contributed by atoms with Crippen LogP contribution in [0.2, 0.25) is 5.02 Å². The van der Waals surface area contributed by atoms with Crippen molar-refractivity contribution in [2.45, 2.75) is 30.4 Å². The minimum Gasteiger partial charge on any atom is -0.497 e. The number of amides is 1. The van der Waals surface area contributed by atoms with Gasteiger partial charge < -0.3 is 24.2 Å². The summed E-state index contributed by atoms with van der Waals surface area (Å²) in [6, 6.07) is 5.37. The number of hydrogen-bond donors (Lipinski definition) is 1. The van der Waals surface area contributed by atoms with E-state index in [2.05, 4.69) is 4.98 Å². The van der Waals surface area contributed by atoms with E-state index in [4.69, 9.17) is 25.8 Å². The van der Waals surface area contributed by atoms with Gasteiger partial charge >= 0.3 is 6.09 Å². The van der Waals surface area contributed by atoms with Gasteiger partial charge in [-0.25, -0.2) is 31.3 Å². The number of carboxylic acid groups (broad SMARTS) is 1. The van der Waals surface area contributed by atoms with E-state index in [-0.39, 0.29) is 36.9 Å². The fourth-order valence-electron chi connectivity index (χ4n) is 4.15. The standard InChI is InChI=1S/C24H24ClF2N3O7S2/c1-24(6-8-29(13-24)23(31)32)37-18-11-16(26)21(20(27)19(18)25)39(33,34)30(22-28-7-9-38-22)12-14-4-5-15(35-2)10-17(14)36-3/h4-5,7,9-11H,6,8,12-13H2,1-3H3,(H,31,32). The van der Waals surface area contributed by atoms with Crippen LogP contribution in [-0.4, -0.2) is 62.4 Å². The minimum absolute atomic E-state index is 0.0460. The number of halogens is 3. The molecule has 0 aliphatic carbocycles. The molecule has 0 saturated carbocycles. The zero-order valence-corrected chi connectivity index (χ0v) is 23.4. The summed E-state index contributed by atoms with van der Waals surface area (Å²) in [6.07, 6.45) is 0.427. The molecule has 1 aromatic heterocycles. The Balaban J connectivity index is 1.74. The lowest BCUT2D eigenvalue weighted by Gasteiger charge is -2.27. The topological polar surface area (TPSA) is 118 Å². The van der Waals surface area contributed by atoms with Crippen LogP contribution in [0.5, 0.6) is 17.2 Å². The Morgan fingerprint density at radius 1 is 1.26 bits per heavy atom. The van der Waals surface area contributed by atoms with E-state index < -0.39 is 49.0 Å². The molecular weight excluding hydrogens is 580 g/mol. The average Bonchev–Trinajstić information content (AvgIpc) is 3.55. The Morgan fingerprint density at radius 3 is 2.59 bits per heavy atom. The number of methoxy groups -OCH3 is 2. The molecule has 0 spiro atoms. The van der Waals surface area contributed by atoms with Crippen LogP contribution < -0.4 is 18.5 Å². The first kappa shape index (κ1) is 28.6. The van der Waals surface area contributed by atoms with Crippen LogP contribution >= 0.6 is 22.9 Å². The number of ether oxygens (including phenoxy) is 3. The molecule has 1 atom stereocenters. The predicted octanol–water partition coefficient (Wildman–Crippen LogP) is 5.01. The third-order valence-electron chi connectivity index (χ3n) is 6.13.